The molecule has 2 aliphatic rings. The zero-order chi connectivity index (χ0) is 11.1. The lowest BCUT2D eigenvalue weighted by Crippen LogP contribution is -2.33. The first kappa shape index (κ1) is 11.3. The summed E-state index contributed by atoms with van der Waals surface area (Å²) in [5.74, 6) is 0.450. The zero-order valence-corrected chi connectivity index (χ0v) is 9.75. The van der Waals surface area contributed by atoms with Gasteiger partial charge in [0.15, 0.2) is 0 Å². The van der Waals surface area contributed by atoms with Gasteiger partial charge in [-0.05, 0) is 26.2 Å². The second-order valence-electron chi connectivity index (χ2n) is 4.77. The first-order valence-corrected chi connectivity index (χ1v) is 6.39. The molecule has 0 aromatic heterocycles. The van der Waals surface area contributed by atoms with Crippen LogP contribution in [0.3, 0.4) is 0 Å². The van der Waals surface area contributed by atoms with Crippen LogP contribution in [0, 0.1) is 11.8 Å². The molecule has 1 unspecified atom stereocenters. The Morgan fingerprint density at radius 3 is 2.13 bits per heavy atom. The Balaban J connectivity index is 1.92. The summed E-state index contributed by atoms with van der Waals surface area (Å²) in [4.78, 5) is 0. The molecule has 2 aliphatic heterocycles. The maximum absolute atomic E-state index is 10.9. The third-order valence-corrected chi connectivity index (χ3v) is 3.81. The molecule has 0 saturated carbocycles. The van der Waals surface area contributed by atoms with Crippen molar-refractivity contribution in [2.75, 3.05) is 19.8 Å². The molecule has 5 nitrogen and oxygen atoms in total. The minimum absolute atomic E-state index is 0.110. The highest BCUT2D eigenvalue weighted by molar-refractivity contribution is 7.81. The summed E-state index contributed by atoms with van der Waals surface area (Å²) < 4.78 is 36.6. The highest BCUT2D eigenvalue weighted by atomic mass is 32.3. The minimum atomic E-state index is -3.71. The lowest BCUT2D eigenvalue weighted by Gasteiger charge is -2.26. The fourth-order valence-electron chi connectivity index (χ4n) is 2.08. The average Bonchev–Trinajstić information content (AvgIpc) is 2.46. The lowest BCUT2D eigenvalue weighted by molar-refractivity contribution is 0.0279. The van der Waals surface area contributed by atoms with E-state index in [9.17, 15) is 8.42 Å². The third-order valence-electron chi connectivity index (χ3n) is 2.96. The van der Waals surface area contributed by atoms with Gasteiger partial charge in [-0.25, -0.2) is 8.37 Å². The summed E-state index contributed by atoms with van der Waals surface area (Å²) in [6.07, 6.45) is 0.921. The molecule has 2 rings (SSSR count). The van der Waals surface area contributed by atoms with E-state index in [4.69, 9.17) is 4.74 Å². The molecule has 0 aromatic rings. The minimum Gasteiger partial charge on any atom is -0.375 e. The normalized spacial score (nSPS) is 35.5. The van der Waals surface area contributed by atoms with Crippen LogP contribution >= 0.6 is 0 Å². The second kappa shape index (κ2) is 3.69. The summed E-state index contributed by atoms with van der Waals surface area (Å²) in [7, 11) is -3.71. The van der Waals surface area contributed by atoms with Gasteiger partial charge >= 0.3 is 10.4 Å². The molecule has 0 amide bonds. The summed E-state index contributed by atoms with van der Waals surface area (Å²) in [5.41, 5.74) is -0.110. The maximum Gasteiger partial charge on any atom is 0.399 e. The van der Waals surface area contributed by atoms with E-state index < -0.39 is 10.4 Å². The highest BCUT2D eigenvalue weighted by Crippen LogP contribution is 2.35. The van der Waals surface area contributed by atoms with E-state index in [1.807, 2.05) is 13.8 Å². The van der Waals surface area contributed by atoms with Gasteiger partial charge in [0.1, 0.15) is 0 Å². The van der Waals surface area contributed by atoms with Crippen LogP contribution in [0.4, 0.5) is 0 Å². The van der Waals surface area contributed by atoms with Crippen molar-refractivity contribution in [3.63, 3.8) is 0 Å². The molecule has 15 heavy (non-hydrogen) atoms. The van der Waals surface area contributed by atoms with Crippen LogP contribution in [0.25, 0.3) is 0 Å². The van der Waals surface area contributed by atoms with Crippen LogP contribution in [-0.2, 0) is 23.5 Å². The van der Waals surface area contributed by atoms with E-state index in [1.165, 1.54) is 0 Å². The molecule has 0 aromatic carbocycles. The molecule has 2 saturated heterocycles. The number of hydrogen-bond acceptors (Lipinski definition) is 5. The Bertz CT molecular complexity index is 320. The molecular formula is C9H16O5S. The summed E-state index contributed by atoms with van der Waals surface area (Å²) in [5, 5.41) is 0. The Morgan fingerprint density at radius 1 is 1.07 bits per heavy atom. The quantitative estimate of drug-likeness (QED) is 0.671. The lowest BCUT2D eigenvalue weighted by atomic mass is 9.88. The second-order valence-corrected chi connectivity index (χ2v) is 6.06. The average molecular weight is 236 g/mol. The van der Waals surface area contributed by atoms with Gasteiger partial charge in [0.05, 0.1) is 25.4 Å². The van der Waals surface area contributed by atoms with Gasteiger partial charge in [0.2, 0.25) is 0 Å². The van der Waals surface area contributed by atoms with Crippen molar-refractivity contribution in [1.82, 2.24) is 0 Å². The Kier molecular flexibility index (Phi) is 2.79. The monoisotopic (exact) mass is 236 g/mol. The Labute approximate surface area is 90.0 Å². The van der Waals surface area contributed by atoms with Crippen LogP contribution in [-0.4, -0.2) is 33.8 Å². The predicted octanol–water partition coefficient (Wildman–Crippen LogP) is 0.709. The van der Waals surface area contributed by atoms with Crippen LogP contribution in [0.1, 0.15) is 20.3 Å². The Hall–Kier alpha value is -0.170. The van der Waals surface area contributed by atoms with Crippen molar-refractivity contribution in [3.8, 4) is 0 Å². The third kappa shape index (κ3) is 2.69. The van der Waals surface area contributed by atoms with E-state index in [0.29, 0.717) is 12.5 Å². The van der Waals surface area contributed by atoms with Gasteiger partial charge in [-0.15, -0.1) is 0 Å². The molecular weight excluding hydrogens is 220 g/mol. The van der Waals surface area contributed by atoms with E-state index in [-0.39, 0.29) is 24.7 Å². The largest absolute Gasteiger partial charge is 0.399 e. The molecule has 88 valence electrons. The maximum atomic E-state index is 10.9. The van der Waals surface area contributed by atoms with Crippen molar-refractivity contribution in [2.24, 2.45) is 11.8 Å². The summed E-state index contributed by atoms with van der Waals surface area (Å²) >= 11 is 0. The van der Waals surface area contributed by atoms with E-state index in [0.717, 1.165) is 6.42 Å². The molecule has 0 aliphatic carbocycles. The van der Waals surface area contributed by atoms with Gasteiger partial charge in [-0.2, -0.15) is 8.42 Å². The van der Waals surface area contributed by atoms with E-state index in [2.05, 4.69) is 8.37 Å². The molecule has 0 bridgehead atoms. The number of ether oxygens (including phenoxy) is 1. The molecule has 0 N–H and O–H groups in total. The Morgan fingerprint density at radius 2 is 1.67 bits per heavy atom. The molecule has 2 heterocycles. The zero-order valence-electron chi connectivity index (χ0n) is 8.93. The van der Waals surface area contributed by atoms with Gasteiger partial charge in [0, 0.05) is 5.92 Å². The number of hydrogen-bond donors (Lipinski definition) is 0. The van der Waals surface area contributed by atoms with Crippen molar-refractivity contribution in [1.29, 1.82) is 0 Å². The fourth-order valence-corrected chi connectivity index (χ4v) is 2.83. The van der Waals surface area contributed by atoms with E-state index in [1.54, 1.807) is 0 Å². The van der Waals surface area contributed by atoms with Gasteiger partial charge in [-0.1, -0.05) is 0 Å². The number of rotatable bonds is 1. The van der Waals surface area contributed by atoms with Gasteiger partial charge < -0.3 is 4.74 Å². The van der Waals surface area contributed by atoms with Crippen LogP contribution < -0.4 is 0 Å². The van der Waals surface area contributed by atoms with Crippen molar-refractivity contribution in [3.05, 3.63) is 0 Å². The first-order valence-electron chi connectivity index (χ1n) is 5.06. The predicted molar refractivity (Wildman–Crippen MR) is 52.5 cm³/mol. The standard InChI is InChI=1S/C9H16O5S/c1-9(2)3-7(4-12-9)8-5-13-15(10,11)14-6-8/h7-8H,3-6H2,1-2H3. The molecule has 6 heteroatoms. The van der Waals surface area contributed by atoms with E-state index >= 15 is 0 Å². The van der Waals surface area contributed by atoms with Crippen molar-refractivity contribution in [2.45, 2.75) is 25.9 Å². The summed E-state index contributed by atoms with van der Waals surface area (Å²) in [6, 6.07) is 0. The summed E-state index contributed by atoms with van der Waals surface area (Å²) in [6.45, 7) is 5.16. The van der Waals surface area contributed by atoms with Crippen molar-refractivity contribution < 1.29 is 21.5 Å². The molecule has 0 spiro atoms. The fraction of sp³-hybridized carbons (Fsp3) is 1.00. The van der Waals surface area contributed by atoms with Gasteiger partial charge in [0.25, 0.3) is 0 Å². The molecule has 1 atom stereocenters. The van der Waals surface area contributed by atoms with Gasteiger partial charge in [-0.3, -0.25) is 0 Å². The van der Waals surface area contributed by atoms with Crippen LogP contribution in [0.15, 0.2) is 0 Å². The smallest absolute Gasteiger partial charge is 0.375 e. The first-order chi connectivity index (χ1) is 6.88. The SMILES string of the molecule is CC1(C)CC(C2COS(=O)(=O)OC2)CO1. The topological polar surface area (TPSA) is 61.8 Å². The van der Waals surface area contributed by atoms with Crippen LogP contribution in [0.5, 0.6) is 0 Å². The molecule has 0 radical (unpaired) electrons. The van der Waals surface area contributed by atoms with Crippen LogP contribution in [0.2, 0.25) is 0 Å². The van der Waals surface area contributed by atoms with Crippen molar-refractivity contribution >= 4 is 10.4 Å². The highest BCUT2D eigenvalue weighted by Gasteiger charge is 2.39. The molecule has 2 fully saturated rings.